The average Bonchev–Trinajstić information content (AvgIpc) is 2.83. The fourth-order valence-corrected chi connectivity index (χ4v) is 4.16. The molecule has 7 heteroatoms. The largest absolute Gasteiger partial charge is 0.352 e. The second kappa shape index (κ2) is 7.66. The molecule has 4 rings (SSSR count). The minimum Gasteiger partial charge on any atom is -0.352 e. The van der Waals surface area contributed by atoms with Crippen molar-refractivity contribution >= 4 is 11.9 Å². The SMILES string of the molecule is O=C1CCCCC(CN2CC(N3CCN(c4ncccn4)CC3)C2)N1. The van der Waals surface area contributed by atoms with Gasteiger partial charge in [0.25, 0.3) is 0 Å². The van der Waals surface area contributed by atoms with Crippen LogP contribution >= 0.6 is 0 Å². The Balaban J connectivity index is 1.19. The van der Waals surface area contributed by atoms with Gasteiger partial charge in [-0.05, 0) is 18.9 Å². The molecule has 3 fully saturated rings. The van der Waals surface area contributed by atoms with E-state index in [1.807, 2.05) is 18.5 Å². The third-order valence-electron chi connectivity index (χ3n) is 5.65. The quantitative estimate of drug-likeness (QED) is 0.850. The molecule has 4 heterocycles. The molecule has 0 spiro atoms. The Hall–Kier alpha value is -1.73. The van der Waals surface area contributed by atoms with Crippen LogP contribution in [0, 0.1) is 0 Å². The molecule has 3 aliphatic heterocycles. The van der Waals surface area contributed by atoms with Crippen molar-refractivity contribution in [2.75, 3.05) is 50.7 Å². The normalized spacial score (nSPS) is 26.8. The maximum absolute atomic E-state index is 11.7. The van der Waals surface area contributed by atoms with Crippen LogP contribution in [0.5, 0.6) is 0 Å². The monoisotopic (exact) mass is 344 g/mol. The number of nitrogens with zero attached hydrogens (tertiary/aromatic N) is 5. The molecule has 0 saturated carbocycles. The first-order valence-electron chi connectivity index (χ1n) is 9.56. The van der Waals surface area contributed by atoms with E-state index in [1.54, 1.807) is 0 Å². The van der Waals surface area contributed by atoms with E-state index in [9.17, 15) is 4.79 Å². The zero-order valence-corrected chi connectivity index (χ0v) is 14.8. The summed E-state index contributed by atoms with van der Waals surface area (Å²) in [7, 11) is 0. The van der Waals surface area contributed by atoms with Crippen molar-refractivity contribution in [3.05, 3.63) is 18.5 Å². The van der Waals surface area contributed by atoms with Gasteiger partial charge in [-0.2, -0.15) is 0 Å². The highest BCUT2D eigenvalue weighted by Crippen LogP contribution is 2.20. The van der Waals surface area contributed by atoms with Gasteiger partial charge in [-0.1, -0.05) is 6.42 Å². The van der Waals surface area contributed by atoms with Crippen LogP contribution in [0.25, 0.3) is 0 Å². The zero-order valence-electron chi connectivity index (χ0n) is 14.8. The Morgan fingerprint density at radius 1 is 1.08 bits per heavy atom. The lowest BCUT2D eigenvalue weighted by Crippen LogP contribution is -2.64. The number of carbonyl (C=O) groups excluding carboxylic acids is 1. The minimum atomic E-state index is 0.235. The van der Waals surface area contributed by atoms with Gasteiger partial charge in [-0.25, -0.2) is 9.97 Å². The highest BCUT2D eigenvalue weighted by molar-refractivity contribution is 5.76. The van der Waals surface area contributed by atoms with Gasteiger partial charge in [-0.3, -0.25) is 14.6 Å². The van der Waals surface area contributed by atoms with Gasteiger partial charge in [0, 0.05) is 76.7 Å². The minimum absolute atomic E-state index is 0.235. The highest BCUT2D eigenvalue weighted by atomic mass is 16.1. The van der Waals surface area contributed by atoms with Gasteiger partial charge in [0.2, 0.25) is 11.9 Å². The molecule has 1 atom stereocenters. The molecular formula is C18H28N6O. The second-order valence-electron chi connectivity index (χ2n) is 7.45. The van der Waals surface area contributed by atoms with Crippen LogP contribution in [-0.2, 0) is 4.79 Å². The Kier molecular flexibility index (Phi) is 5.12. The third-order valence-corrected chi connectivity index (χ3v) is 5.65. The van der Waals surface area contributed by atoms with Gasteiger partial charge in [-0.15, -0.1) is 0 Å². The zero-order chi connectivity index (χ0) is 17.1. The molecule has 7 nitrogen and oxygen atoms in total. The van der Waals surface area contributed by atoms with Gasteiger partial charge < -0.3 is 10.2 Å². The standard InChI is InChI=1S/C18H28N6O/c25-17-5-2-1-4-15(21-17)12-22-13-16(14-22)23-8-10-24(11-9-23)18-19-6-3-7-20-18/h3,6-7,15-16H,1-2,4-5,8-14H2,(H,21,25). The molecule has 136 valence electrons. The van der Waals surface area contributed by atoms with Gasteiger partial charge in [0.1, 0.15) is 0 Å². The first kappa shape index (κ1) is 16.7. The lowest BCUT2D eigenvalue weighted by Gasteiger charge is -2.49. The van der Waals surface area contributed by atoms with Crippen LogP contribution in [0.15, 0.2) is 18.5 Å². The second-order valence-corrected chi connectivity index (χ2v) is 7.45. The molecule has 0 radical (unpaired) electrons. The fourth-order valence-electron chi connectivity index (χ4n) is 4.16. The number of hydrogen-bond acceptors (Lipinski definition) is 6. The van der Waals surface area contributed by atoms with Crippen molar-refractivity contribution in [3.63, 3.8) is 0 Å². The molecule has 1 amide bonds. The fraction of sp³-hybridized carbons (Fsp3) is 0.722. The lowest BCUT2D eigenvalue weighted by atomic mass is 10.0. The average molecular weight is 344 g/mol. The van der Waals surface area contributed by atoms with Crippen molar-refractivity contribution in [3.8, 4) is 0 Å². The maximum Gasteiger partial charge on any atom is 0.225 e. The number of nitrogens with one attached hydrogen (secondary N) is 1. The Bertz CT molecular complexity index is 568. The van der Waals surface area contributed by atoms with E-state index >= 15 is 0 Å². The smallest absolute Gasteiger partial charge is 0.225 e. The molecule has 1 aromatic rings. The summed E-state index contributed by atoms with van der Waals surface area (Å²) in [4.78, 5) is 27.8. The molecule has 0 bridgehead atoms. The molecule has 0 aliphatic carbocycles. The lowest BCUT2D eigenvalue weighted by molar-refractivity contribution is -0.121. The number of likely N-dealkylation sites (tertiary alicyclic amines) is 1. The maximum atomic E-state index is 11.7. The molecule has 3 aliphatic rings. The number of piperazine rings is 1. The summed E-state index contributed by atoms with van der Waals surface area (Å²) in [6, 6.07) is 2.88. The summed E-state index contributed by atoms with van der Waals surface area (Å²) in [6.45, 7) is 7.44. The van der Waals surface area contributed by atoms with Crippen LogP contribution in [0.2, 0.25) is 0 Å². The molecule has 1 aromatic heterocycles. The van der Waals surface area contributed by atoms with Crippen molar-refractivity contribution in [2.45, 2.75) is 37.8 Å². The summed E-state index contributed by atoms with van der Waals surface area (Å²) in [5, 5.41) is 3.18. The predicted octanol–water partition coefficient (Wildman–Crippen LogP) is 0.342. The topological polar surface area (TPSA) is 64.6 Å². The van der Waals surface area contributed by atoms with Crippen molar-refractivity contribution < 1.29 is 4.79 Å². The van der Waals surface area contributed by atoms with E-state index in [1.165, 1.54) is 6.42 Å². The molecular weight excluding hydrogens is 316 g/mol. The van der Waals surface area contributed by atoms with Gasteiger partial charge in [0.15, 0.2) is 0 Å². The first-order valence-corrected chi connectivity index (χ1v) is 9.56. The summed E-state index contributed by atoms with van der Waals surface area (Å²) in [6.07, 6.45) is 7.66. The highest BCUT2D eigenvalue weighted by Gasteiger charge is 2.35. The molecule has 3 saturated heterocycles. The van der Waals surface area contributed by atoms with E-state index < -0.39 is 0 Å². The first-order chi connectivity index (χ1) is 12.3. The Labute approximate surface area is 149 Å². The number of amides is 1. The van der Waals surface area contributed by atoms with Gasteiger partial charge in [0.05, 0.1) is 0 Å². The molecule has 0 aromatic carbocycles. The predicted molar refractivity (Wildman–Crippen MR) is 96.4 cm³/mol. The molecule has 1 N–H and O–H groups in total. The van der Waals surface area contributed by atoms with Crippen molar-refractivity contribution in [2.24, 2.45) is 0 Å². The Morgan fingerprint density at radius 3 is 2.60 bits per heavy atom. The summed E-state index contributed by atoms with van der Waals surface area (Å²) in [5.41, 5.74) is 0. The summed E-state index contributed by atoms with van der Waals surface area (Å²) < 4.78 is 0. The number of aromatic nitrogens is 2. The van der Waals surface area contributed by atoms with E-state index in [-0.39, 0.29) is 5.91 Å². The molecule has 25 heavy (non-hydrogen) atoms. The van der Waals surface area contributed by atoms with Crippen LogP contribution in [-0.4, -0.2) is 83.6 Å². The van der Waals surface area contributed by atoms with Crippen LogP contribution in [0.1, 0.15) is 25.7 Å². The number of hydrogen-bond donors (Lipinski definition) is 1. The van der Waals surface area contributed by atoms with Crippen molar-refractivity contribution in [1.82, 2.24) is 25.1 Å². The van der Waals surface area contributed by atoms with E-state index in [2.05, 4.69) is 30.0 Å². The van der Waals surface area contributed by atoms with Crippen molar-refractivity contribution in [1.29, 1.82) is 0 Å². The van der Waals surface area contributed by atoms with Crippen LogP contribution in [0.3, 0.4) is 0 Å². The summed E-state index contributed by atoms with van der Waals surface area (Å²) in [5.74, 6) is 1.08. The third kappa shape index (κ3) is 4.10. The number of carbonyl (C=O) groups is 1. The van der Waals surface area contributed by atoms with Crippen LogP contribution < -0.4 is 10.2 Å². The van der Waals surface area contributed by atoms with E-state index in [4.69, 9.17) is 0 Å². The van der Waals surface area contributed by atoms with E-state index in [0.717, 1.165) is 64.6 Å². The Morgan fingerprint density at radius 2 is 1.84 bits per heavy atom. The number of anilines is 1. The molecule has 1 unspecified atom stereocenters. The van der Waals surface area contributed by atoms with E-state index in [0.29, 0.717) is 18.5 Å². The van der Waals surface area contributed by atoms with Crippen LogP contribution in [0.4, 0.5) is 5.95 Å². The van der Waals surface area contributed by atoms with Gasteiger partial charge >= 0.3 is 0 Å². The summed E-state index contributed by atoms with van der Waals surface area (Å²) >= 11 is 0. The number of rotatable bonds is 4.